The molecule has 7 N–H and O–H groups in total. The molecule has 1 amide bonds. The van der Waals surface area contributed by atoms with Gasteiger partial charge in [0.25, 0.3) is 10.0 Å². The average molecular weight is 444 g/mol. The van der Waals surface area contributed by atoms with Crippen LogP contribution in [0.2, 0.25) is 0 Å². The molecule has 168 valence electrons. The van der Waals surface area contributed by atoms with Crippen LogP contribution in [0.3, 0.4) is 0 Å². The number of nitrogens with zero attached hydrogens (tertiary/aromatic N) is 1. The summed E-state index contributed by atoms with van der Waals surface area (Å²) in [6.07, 6.45) is 0.338. The fourth-order valence-corrected chi connectivity index (χ4v) is 4.35. The Labute approximate surface area is 175 Å². The van der Waals surface area contributed by atoms with E-state index in [1.165, 1.54) is 7.11 Å². The number of methoxy groups -OCH3 is 1. The summed E-state index contributed by atoms with van der Waals surface area (Å²) in [4.78, 5) is 26.4. The molecule has 0 unspecified atom stereocenters. The summed E-state index contributed by atoms with van der Waals surface area (Å²) in [6.45, 7) is 4.83. The molecular weight excluding hydrogens is 414 g/mol. The predicted molar refractivity (Wildman–Crippen MR) is 112 cm³/mol. The number of aliphatic imine (C=N–C) groups is 1. The number of hydrogen-bond donors (Lipinski definition) is 5. The molecule has 0 bridgehead atoms. The number of carbonyl (C=O) groups excluding carboxylic acids is 1. The van der Waals surface area contributed by atoms with Crippen LogP contribution >= 0.6 is 0 Å². The lowest BCUT2D eigenvalue weighted by atomic mass is 10.1. The van der Waals surface area contributed by atoms with Crippen molar-refractivity contribution in [1.29, 1.82) is 0 Å². The van der Waals surface area contributed by atoms with Crippen LogP contribution in [0.15, 0.2) is 16.0 Å². The number of rotatable bonds is 10. The van der Waals surface area contributed by atoms with Gasteiger partial charge in [0.1, 0.15) is 11.8 Å². The van der Waals surface area contributed by atoms with Crippen LogP contribution in [0, 0.1) is 20.8 Å². The van der Waals surface area contributed by atoms with Crippen molar-refractivity contribution >= 4 is 27.9 Å². The maximum atomic E-state index is 12.8. The molecule has 0 aliphatic heterocycles. The Hall–Kier alpha value is -2.86. The summed E-state index contributed by atoms with van der Waals surface area (Å²) in [6, 6.07) is 0.521. The molecule has 0 saturated carbocycles. The van der Waals surface area contributed by atoms with Crippen molar-refractivity contribution < 1.29 is 27.9 Å². The lowest BCUT2D eigenvalue weighted by Crippen LogP contribution is -2.43. The zero-order chi connectivity index (χ0) is 23.1. The van der Waals surface area contributed by atoms with Crippen molar-refractivity contribution in [2.75, 3.05) is 20.2 Å². The molecule has 1 aromatic rings. The van der Waals surface area contributed by atoms with Gasteiger partial charge in [-0.15, -0.1) is 0 Å². The van der Waals surface area contributed by atoms with Gasteiger partial charge in [-0.3, -0.25) is 9.79 Å². The van der Waals surface area contributed by atoms with Gasteiger partial charge in [0.2, 0.25) is 11.9 Å². The first-order valence-electron chi connectivity index (χ1n) is 9.14. The van der Waals surface area contributed by atoms with Gasteiger partial charge < -0.3 is 26.6 Å². The van der Waals surface area contributed by atoms with Gasteiger partial charge >= 0.3 is 5.97 Å². The Balaban J connectivity index is 2.83. The standard InChI is InChI=1S/C18H29N5O6S/c1-10-8-14(29-4)11(2)12(3)16(10)30(27,28)23-18(20)21-7-5-6-13(17(25)26)22-15(24)9-19/h8,13H,5-7,9,19H2,1-4H3,(H,22,24)(H,25,26)(H3,20,21,23)/t13-/m0/s1. The highest BCUT2D eigenvalue weighted by Gasteiger charge is 2.23. The highest BCUT2D eigenvalue weighted by molar-refractivity contribution is 7.90. The van der Waals surface area contributed by atoms with Crippen molar-refractivity contribution in [2.24, 2.45) is 16.5 Å². The molecule has 0 aliphatic rings. The fourth-order valence-electron chi connectivity index (χ4n) is 2.87. The van der Waals surface area contributed by atoms with Gasteiger partial charge in [-0.1, -0.05) is 0 Å². The molecule has 0 spiro atoms. The Morgan fingerprint density at radius 1 is 1.27 bits per heavy atom. The second-order valence-electron chi connectivity index (χ2n) is 6.65. The molecule has 11 nitrogen and oxygen atoms in total. The molecule has 0 aromatic heterocycles. The summed E-state index contributed by atoms with van der Waals surface area (Å²) in [5, 5.41) is 11.4. The van der Waals surface area contributed by atoms with Gasteiger partial charge in [0.15, 0.2) is 0 Å². The lowest BCUT2D eigenvalue weighted by molar-refractivity contribution is -0.141. The Morgan fingerprint density at radius 3 is 2.43 bits per heavy atom. The number of aryl methyl sites for hydroxylation is 1. The van der Waals surface area contributed by atoms with Gasteiger partial charge in [-0.2, -0.15) is 0 Å². The number of amides is 1. The summed E-state index contributed by atoms with van der Waals surface area (Å²) >= 11 is 0. The SMILES string of the molecule is COc1cc(C)c(S(=O)(=O)NC(N)=NCCC[C@H](NC(=O)CN)C(=O)O)c(C)c1C. The van der Waals surface area contributed by atoms with Crippen LogP contribution in [0.4, 0.5) is 0 Å². The number of benzene rings is 1. The summed E-state index contributed by atoms with van der Waals surface area (Å²) in [7, 11) is -2.47. The number of carboxylic acid groups (broad SMARTS) is 1. The highest BCUT2D eigenvalue weighted by Crippen LogP contribution is 2.30. The zero-order valence-corrected chi connectivity index (χ0v) is 18.3. The molecule has 12 heteroatoms. The predicted octanol–water partition coefficient (Wildman–Crippen LogP) is -0.478. The minimum absolute atomic E-state index is 0.0657. The number of carboxylic acids is 1. The van der Waals surface area contributed by atoms with Crippen LogP contribution < -0.4 is 26.2 Å². The van der Waals surface area contributed by atoms with Crippen molar-refractivity contribution in [2.45, 2.75) is 44.6 Å². The van der Waals surface area contributed by atoms with Crippen molar-refractivity contribution in [1.82, 2.24) is 10.0 Å². The highest BCUT2D eigenvalue weighted by atomic mass is 32.2. The summed E-state index contributed by atoms with van der Waals surface area (Å²) in [5.41, 5.74) is 12.6. The van der Waals surface area contributed by atoms with E-state index in [2.05, 4.69) is 15.0 Å². The van der Waals surface area contributed by atoms with Crippen LogP contribution in [0.5, 0.6) is 5.75 Å². The van der Waals surface area contributed by atoms with Crippen LogP contribution in [-0.4, -0.2) is 57.6 Å². The van der Waals surface area contributed by atoms with Crippen molar-refractivity contribution in [3.63, 3.8) is 0 Å². The summed E-state index contributed by atoms with van der Waals surface area (Å²) < 4.78 is 33.0. The largest absolute Gasteiger partial charge is 0.496 e. The Kier molecular flexibility index (Phi) is 9.05. The third kappa shape index (κ3) is 6.59. The molecule has 1 atom stereocenters. The van der Waals surface area contributed by atoms with Crippen LogP contribution in [-0.2, 0) is 19.6 Å². The smallest absolute Gasteiger partial charge is 0.326 e. The number of carbonyl (C=O) groups is 2. The Morgan fingerprint density at radius 2 is 1.90 bits per heavy atom. The van der Waals surface area contributed by atoms with E-state index in [1.807, 2.05) is 0 Å². The summed E-state index contributed by atoms with van der Waals surface area (Å²) in [5.74, 6) is -1.52. The first-order valence-corrected chi connectivity index (χ1v) is 10.6. The van der Waals surface area contributed by atoms with Crippen molar-refractivity contribution in [3.8, 4) is 5.75 Å². The molecule has 1 rings (SSSR count). The number of sulfonamides is 1. The average Bonchev–Trinajstić information content (AvgIpc) is 2.65. The van der Waals surface area contributed by atoms with Crippen LogP contribution in [0.1, 0.15) is 29.5 Å². The normalized spacial score (nSPS) is 12.9. The first-order chi connectivity index (χ1) is 13.9. The number of hydrogen-bond acceptors (Lipinski definition) is 7. The van der Waals surface area contributed by atoms with Gasteiger partial charge in [-0.05, 0) is 56.4 Å². The minimum atomic E-state index is -3.98. The van der Waals surface area contributed by atoms with E-state index in [4.69, 9.17) is 21.3 Å². The molecule has 0 aliphatic carbocycles. The van der Waals surface area contributed by atoms with Gasteiger partial charge in [0, 0.05) is 6.54 Å². The monoisotopic (exact) mass is 443 g/mol. The Bertz CT molecular complexity index is 929. The fraction of sp³-hybridized carbons (Fsp3) is 0.500. The molecule has 0 fully saturated rings. The van der Waals surface area contributed by atoms with Gasteiger partial charge in [-0.25, -0.2) is 17.9 Å². The van der Waals surface area contributed by atoms with E-state index in [9.17, 15) is 18.0 Å². The van der Waals surface area contributed by atoms with E-state index >= 15 is 0 Å². The van der Waals surface area contributed by atoms with Crippen LogP contribution in [0.25, 0.3) is 0 Å². The third-order valence-corrected chi connectivity index (χ3v) is 6.10. The minimum Gasteiger partial charge on any atom is -0.496 e. The lowest BCUT2D eigenvalue weighted by Gasteiger charge is -2.17. The molecule has 30 heavy (non-hydrogen) atoms. The maximum absolute atomic E-state index is 12.8. The number of ether oxygens (including phenoxy) is 1. The second-order valence-corrected chi connectivity index (χ2v) is 8.27. The number of nitrogens with two attached hydrogens (primary N) is 2. The quantitative estimate of drug-likeness (QED) is 0.182. The third-order valence-electron chi connectivity index (χ3n) is 4.46. The van der Waals surface area contributed by atoms with Crippen molar-refractivity contribution in [3.05, 3.63) is 22.8 Å². The molecule has 0 heterocycles. The van der Waals surface area contributed by atoms with E-state index in [0.717, 1.165) is 0 Å². The first kappa shape index (κ1) is 25.2. The van der Waals surface area contributed by atoms with E-state index in [-0.39, 0.29) is 36.8 Å². The van der Waals surface area contributed by atoms with E-state index in [1.54, 1.807) is 26.8 Å². The topological polar surface area (TPSA) is 186 Å². The number of aliphatic carboxylic acids is 1. The zero-order valence-electron chi connectivity index (χ0n) is 17.5. The number of guanidine groups is 1. The van der Waals surface area contributed by atoms with Gasteiger partial charge in [0.05, 0.1) is 18.6 Å². The molecule has 0 radical (unpaired) electrons. The second kappa shape index (κ2) is 10.8. The molecule has 0 saturated heterocycles. The maximum Gasteiger partial charge on any atom is 0.326 e. The molecular formula is C18H29N5O6S. The van der Waals surface area contributed by atoms with E-state index < -0.39 is 27.9 Å². The van der Waals surface area contributed by atoms with E-state index in [0.29, 0.717) is 22.4 Å². The molecule has 1 aromatic carbocycles. The number of nitrogens with one attached hydrogen (secondary N) is 2.